The van der Waals surface area contributed by atoms with Gasteiger partial charge in [0, 0.05) is 23.8 Å². The molecule has 0 radical (unpaired) electrons. The number of benzene rings is 1. The third-order valence-electron chi connectivity index (χ3n) is 2.88. The van der Waals surface area contributed by atoms with Gasteiger partial charge in [0.05, 0.1) is 11.4 Å². The summed E-state index contributed by atoms with van der Waals surface area (Å²) in [5.41, 5.74) is 2.11. The summed E-state index contributed by atoms with van der Waals surface area (Å²) in [5.74, 6) is 0. The second-order valence-corrected chi connectivity index (χ2v) is 4.82. The number of halogens is 1. The molecule has 0 spiro atoms. The van der Waals surface area contributed by atoms with Crippen molar-refractivity contribution in [3.8, 4) is 5.69 Å². The molecule has 3 rings (SSSR count). The Bertz CT molecular complexity index is 500. The molecule has 0 amide bonds. The Labute approximate surface area is 105 Å². The standard InChI is InChI=1S/C13H14ClN3/c14-10-1-5-13(6-2-10)17-8-7-12(16-17)9-15-11-3-4-11/h1-2,5-8,11,15H,3-4,9H2. The molecule has 0 aliphatic heterocycles. The molecule has 3 nitrogen and oxygen atoms in total. The van der Waals surface area contributed by atoms with E-state index in [1.165, 1.54) is 12.8 Å². The van der Waals surface area contributed by atoms with Crippen LogP contribution in [-0.4, -0.2) is 15.8 Å². The van der Waals surface area contributed by atoms with Gasteiger partial charge in [-0.25, -0.2) is 4.68 Å². The van der Waals surface area contributed by atoms with Gasteiger partial charge in [-0.2, -0.15) is 5.10 Å². The largest absolute Gasteiger partial charge is 0.308 e. The van der Waals surface area contributed by atoms with Crippen molar-refractivity contribution in [2.75, 3.05) is 0 Å². The van der Waals surface area contributed by atoms with Crippen molar-refractivity contribution in [1.29, 1.82) is 0 Å². The van der Waals surface area contributed by atoms with Gasteiger partial charge >= 0.3 is 0 Å². The zero-order chi connectivity index (χ0) is 11.7. The first-order chi connectivity index (χ1) is 8.31. The molecule has 88 valence electrons. The highest BCUT2D eigenvalue weighted by Gasteiger charge is 2.20. The minimum atomic E-state index is 0.718. The van der Waals surface area contributed by atoms with Crippen molar-refractivity contribution in [1.82, 2.24) is 15.1 Å². The molecule has 1 aliphatic carbocycles. The highest BCUT2D eigenvalue weighted by atomic mass is 35.5. The molecule has 0 unspecified atom stereocenters. The summed E-state index contributed by atoms with van der Waals surface area (Å²) in [6.45, 7) is 0.852. The van der Waals surface area contributed by atoms with Crippen LogP contribution < -0.4 is 5.32 Å². The lowest BCUT2D eigenvalue weighted by Crippen LogP contribution is -2.15. The van der Waals surface area contributed by atoms with E-state index in [1.54, 1.807) is 0 Å². The smallest absolute Gasteiger partial charge is 0.0766 e. The van der Waals surface area contributed by atoms with E-state index in [4.69, 9.17) is 11.6 Å². The van der Waals surface area contributed by atoms with Gasteiger partial charge in [0.1, 0.15) is 0 Å². The maximum Gasteiger partial charge on any atom is 0.0766 e. The van der Waals surface area contributed by atoms with Crippen LogP contribution >= 0.6 is 11.6 Å². The van der Waals surface area contributed by atoms with E-state index >= 15 is 0 Å². The highest BCUT2D eigenvalue weighted by molar-refractivity contribution is 6.30. The number of nitrogens with one attached hydrogen (secondary N) is 1. The fourth-order valence-electron chi connectivity index (χ4n) is 1.73. The van der Waals surface area contributed by atoms with Crippen LogP contribution in [0.3, 0.4) is 0 Å². The molecule has 4 heteroatoms. The summed E-state index contributed by atoms with van der Waals surface area (Å²) in [6.07, 6.45) is 4.59. The van der Waals surface area contributed by atoms with Crippen LogP contribution in [0.4, 0.5) is 0 Å². The van der Waals surface area contributed by atoms with Crippen molar-refractivity contribution < 1.29 is 0 Å². The molecule has 1 saturated carbocycles. The lowest BCUT2D eigenvalue weighted by molar-refractivity contribution is 0.665. The number of aromatic nitrogens is 2. The predicted octanol–water partition coefficient (Wildman–Crippen LogP) is 2.78. The topological polar surface area (TPSA) is 29.9 Å². The summed E-state index contributed by atoms with van der Waals surface area (Å²) in [5, 5.41) is 8.72. The lowest BCUT2D eigenvalue weighted by Gasteiger charge is -2.01. The van der Waals surface area contributed by atoms with E-state index in [1.807, 2.05) is 41.2 Å². The quantitative estimate of drug-likeness (QED) is 0.901. The van der Waals surface area contributed by atoms with Gasteiger partial charge in [-0.1, -0.05) is 11.6 Å². The molecule has 1 N–H and O–H groups in total. The van der Waals surface area contributed by atoms with Crippen molar-refractivity contribution in [2.45, 2.75) is 25.4 Å². The number of nitrogens with zero attached hydrogens (tertiary/aromatic N) is 2. The van der Waals surface area contributed by atoms with Gasteiger partial charge in [-0.15, -0.1) is 0 Å². The Morgan fingerprint density at radius 2 is 2.00 bits per heavy atom. The van der Waals surface area contributed by atoms with Gasteiger partial charge in [-0.3, -0.25) is 0 Å². The summed E-state index contributed by atoms with van der Waals surface area (Å²) in [6, 6.07) is 10.4. The molecule has 1 heterocycles. The van der Waals surface area contributed by atoms with Gasteiger partial charge in [0.15, 0.2) is 0 Å². The molecule has 1 fully saturated rings. The van der Waals surface area contributed by atoms with Crippen LogP contribution in [0.1, 0.15) is 18.5 Å². The maximum atomic E-state index is 5.86. The van der Waals surface area contributed by atoms with E-state index in [9.17, 15) is 0 Å². The molecule has 1 aromatic carbocycles. The maximum absolute atomic E-state index is 5.86. The molecule has 1 aliphatic rings. The average molecular weight is 248 g/mol. The molecular weight excluding hydrogens is 234 g/mol. The summed E-state index contributed by atoms with van der Waals surface area (Å²) in [7, 11) is 0. The number of hydrogen-bond acceptors (Lipinski definition) is 2. The Morgan fingerprint density at radius 1 is 1.24 bits per heavy atom. The molecule has 0 saturated heterocycles. The van der Waals surface area contributed by atoms with Gasteiger partial charge in [0.2, 0.25) is 0 Å². The number of rotatable bonds is 4. The van der Waals surface area contributed by atoms with Crippen LogP contribution in [0, 0.1) is 0 Å². The van der Waals surface area contributed by atoms with Crippen molar-refractivity contribution in [3.63, 3.8) is 0 Å². The van der Waals surface area contributed by atoms with Crippen LogP contribution in [-0.2, 0) is 6.54 Å². The normalized spacial score (nSPS) is 15.1. The van der Waals surface area contributed by atoms with Gasteiger partial charge in [-0.05, 0) is 43.2 Å². The van der Waals surface area contributed by atoms with E-state index in [2.05, 4.69) is 10.4 Å². The van der Waals surface area contributed by atoms with E-state index in [-0.39, 0.29) is 0 Å². The molecular formula is C13H14ClN3. The second-order valence-electron chi connectivity index (χ2n) is 4.38. The minimum absolute atomic E-state index is 0.718. The van der Waals surface area contributed by atoms with Gasteiger partial charge < -0.3 is 5.32 Å². The van der Waals surface area contributed by atoms with Crippen LogP contribution in [0.5, 0.6) is 0 Å². The first-order valence-corrected chi connectivity index (χ1v) is 6.23. The van der Waals surface area contributed by atoms with E-state index in [0.29, 0.717) is 0 Å². The van der Waals surface area contributed by atoms with E-state index < -0.39 is 0 Å². The lowest BCUT2D eigenvalue weighted by atomic mass is 10.3. The Kier molecular flexibility index (Phi) is 2.87. The fraction of sp³-hybridized carbons (Fsp3) is 0.308. The van der Waals surface area contributed by atoms with Crippen LogP contribution in [0.25, 0.3) is 5.69 Å². The molecule has 0 atom stereocenters. The summed E-state index contributed by atoms with van der Waals surface area (Å²) >= 11 is 5.86. The molecule has 2 aromatic rings. The Hall–Kier alpha value is -1.32. The van der Waals surface area contributed by atoms with Crippen molar-refractivity contribution in [2.24, 2.45) is 0 Å². The summed E-state index contributed by atoms with van der Waals surface area (Å²) < 4.78 is 1.88. The first-order valence-electron chi connectivity index (χ1n) is 5.85. The second kappa shape index (κ2) is 4.51. The van der Waals surface area contributed by atoms with Gasteiger partial charge in [0.25, 0.3) is 0 Å². The molecule has 1 aromatic heterocycles. The zero-order valence-electron chi connectivity index (χ0n) is 9.44. The predicted molar refractivity (Wildman–Crippen MR) is 68.4 cm³/mol. The highest BCUT2D eigenvalue weighted by Crippen LogP contribution is 2.19. The zero-order valence-corrected chi connectivity index (χ0v) is 10.2. The van der Waals surface area contributed by atoms with E-state index in [0.717, 1.165) is 29.0 Å². The molecule has 17 heavy (non-hydrogen) atoms. The third-order valence-corrected chi connectivity index (χ3v) is 3.14. The van der Waals surface area contributed by atoms with Crippen molar-refractivity contribution in [3.05, 3.63) is 47.2 Å². The first kappa shape index (κ1) is 10.8. The third kappa shape index (κ3) is 2.68. The number of hydrogen-bond donors (Lipinski definition) is 1. The van der Waals surface area contributed by atoms with Crippen molar-refractivity contribution >= 4 is 11.6 Å². The monoisotopic (exact) mass is 247 g/mol. The average Bonchev–Trinajstić information content (AvgIpc) is 3.06. The van der Waals surface area contributed by atoms with Crippen LogP contribution in [0.15, 0.2) is 36.5 Å². The summed E-state index contributed by atoms with van der Waals surface area (Å²) in [4.78, 5) is 0. The SMILES string of the molecule is Clc1ccc(-n2ccc(CNC3CC3)n2)cc1. The van der Waals surface area contributed by atoms with Crippen LogP contribution in [0.2, 0.25) is 5.02 Å². The fourth-order valence-corrected chi connectivity index (χ4v) is 1.86. The minimum Gasteiger partial charge on any atom is -0.308 e. The Balaban J connectivity index is 1.72. The Morgan fingerprint density at radius 3 is 2.71 bits per heavy atom. The molecule has 0 bridgehead atoms.